The Labute approximate surface area is 235 Å². The number of aromatic nitrogens is 1. The van der Waals surface area contributed by atoms with E-state index in [1.807, 2.05) is 84.9 Å². The lowest BCUT2D eigenvalue weighted by molar-refractivity contribution is 0.683. The molecule has 1 aromatic heterocycles. The monoisotopic (exact) mass is 569 g/mol. The molecule has 0 aliphatic rings. The Bertz CT molecular complexity index is 1450. The van der Waals surface area contributed by atoms with Crippen LogP contribution in [-0.4, -0.2) is 34.0 Å². The van der Waals surface area contributed by atoms with Crippen LogP contribution in [0.2, 0.25) is 0 Å². The van der Waals surface area contributed by atoms with Gasteiger partial charge in [0.1, 0.15) is 0 Å². The van der Waals surface area contributed by atoms with E-state index in [1.54, 1.807) is 0 Å². The number of anilines is 3. The van der Waals surface area contributed by atoms with Crippen molar-refractivity contribution in [2.45, 2.75) is 9.79 Å². The fourth-order valence-corrected chi connectivity index (χ4v) is 5.72. The molecule has 5 aromatic rings. The van der Waals surface area contributed by atoms with Crippen molar-refractivity contribution in [3.05, 3.63) is 97.1 Å². The Balaban J connectivity index is 0.00000320. The molecule has 4 aromatic carbocycles. The summed E-state index contributed by atoms with van der Waals surface area (Å²) in [5.74, 6) is 1.05. The van der Waals surface area contributed by atoms with Gasteiger partial charge in [0.2, 0.25) is 0 Å². The van der Waals surface area contributed by atoms with E-state index >= 15 is 0 Å². The van der Waals surface area contributed by atoms with E-state index in [0.717, 1.165) is 48.7 Å². The van der Waals surface area contributed by atoms with Crippen molar-refractivity contribution in [2.24, 2.45) is 0 Å². The standard InChI is InChI=1S/C29H25Cl2N3OS.ClH/c30-17-19-34(20-18-31)22-11-15-24(16-12-22)36(35)23-13-9-21(10-14-23)32-29-25-5-1-3-7-27(25)33-28-8-4-2-6-26(28)29;/h1-16H,17-20H2,(H,32,33);1H. The smallest absolute Gasteiger partial charge is 0.0849 e. The van der Waals surface area contributed by atoms with Gasteiger partial charge in [-0.2, -0.15) is 0 Å². The van der Waals surface area contributed by atoms with Crippen LogP contribution in [0.4, 0.5) is 17.1 Å². The van der Waals surface area contributed by atoms with Crippen LogP contribution in [-0.2, 0) is 10.8 Å². The maximum Gasteiger partial charge on any atom is 0.0849 e. The molecule has 5 rings (SSSR count). The molecule has 1 heterocycles. The summed E-state index contributed by atoms with van der Waals surface area (Å²) in [4.78, 5) is 8.42. The molecule has 1 unspecified atom stereocenters. The lowest BCUT2D eigenvalue weighted by atomic mass is 10.1. The highest BCUT2D eigenvalue weighted by atomic mass is 35.5. The van der Waals surface area contributed by atoms with Gasteiger partial charge in [-0.1, -0.05) is 36.4 Å². The summed E-state index contributed by atoms with van der Waals surface area (Å²) in [6, 6.07) is 31.7. The zero-order chi connectivity index (χ0) is 24.9. The number of hydrogen-bond acceptors (Lipinski definition) is 4. The molecule has 0 spiro atoms. The summed E-state index contributed by atoms with van der Waals surface area (Å²) in [5.41, 5.74) is 4.84. The first kappa shape index (κ1) is 27.2. The fraction of sp³-hybridized carbons (Fsp3) is 0.138. The van der Waals surface area contributed by atoms with Gasteiger partial charge in [-0.3, -0.25) is 0 Å². The van der Waals surface area contributed by atoms with Crippen molar-refractivity contribution in [1.82, 2.24) is 4.98 Å². The molecule has 0 saturated carbocycles. The van der Waals surface area contributed by atoms with E-state index in [4.69, 9.17) is 28.2 Å². The van der Waals surface area contributed by atoms with Gasteiger partial charge in [0, 0.05) is 56.8 Å². The molecule has 0 aliphatic heterocycles. The minimum absolute atomic E-state index is 0. The second-order valence-electron chi connectivity index (χ2n) is 8.30. The molecule has 37 heavy (non-hydrogen) atoms. The summed E-state index contributed by atoms with van der Waals surface area (Å²) >= 11 is 11.8. The van der Waals surface area contributed by atoms with Gasteiger partial charge in [0.25, 0.3) is 0 Å². The number of para-hydroxylation sites is 2. The highest BCUT2D eigenvalue weighted by Crippen LogP contribution is 2.33. The van der Waals surface area contributed by atoms with Crippen molar-refractivity contribution >= 4 is 85.3 Å². The van der Waals surface area contributed by atoms with Gasteiger partial charge < -0.3 is 10.2 Å². The Morgan fingerprint density at radius 1 is 0.703 bits per heavy atom. The van der Waals surface area contributed by atoms with Crippen LogP contribution in [0, 0.1) is 0 Å². The topological polar surface area (TPSA) is 45.2 Å². The summed E-state index contributed by atoms with van der Waals surface area (Å²) in [5, 5.41) is 5.69. The Morgan fingerprint density at radius 3 is 1.70 bits per heavy atom. The van der Waals surface area contributed by atoms with Crippen LogP contribution < -0.4 is 10.2 Å². The van der Waals surface area contributed by atoms with Crippen molar-refractivity contribution in [3.8, 4) is 0 Å². The number of nitrogens with one attached hydrogen (secondary N) is 1. The minimum atomic E-state index is -1.28. The van der Waals surface area contributed by atoms with Crippen LogP contribution in [0.15, 0.2) is 107 Å². The second-order valence-corrected chi connectivity index (χ2v) is 10.5. The van der Waals surface area contributed by atoms with E-state index < -0.39 is 10.8 Å². The summed E-state index contributed by atoms with van der Waals surface area (Å²) in [6.07, 6.45) is 0. The predicted octanol–water partition coefficient (Wildman–Crippen LogP) is 8.00. The van der Waals surface area contributed by atoms with Gasteiger partial charge in [-0.05, 0) is 60.7 Å². The number of fused-ring (bicyclic) bond motifs is 2. The lowest BCUT2D eigenvalue weighted by Crippen LogP contribution is -2.27. The highest BCUT2D eigenvalue weighted by molar-refractivity contribution is 7.85. The van der Waals surface area contributed by atoms with E-state index in [0.29, 0.717) is 24.8 Å². The number of rotatable bonds is 9. The Morgan fingerprint density at radius 2 is 1.19 bits per heavy atom. The summed E-state index contributed by atoms with van der Waals surface area (Å²) in [7, 11) is -1.28. The van der Waals surface area contributed by atoms with Gasteiger partial charge in [-0.15, -0.1) is 35.6 Å². The van der Waals surface area contributed by atoms with Crippen LogP contribution in [0.1, 0.15) is 0 Å². The molecule has 0 saturated heterocycles. The lowest BCUT2D eigenvalue weighted by Gasteiger charge is -2.23. The first-order valence-electron chi connectivity index (χ1n) is 11.7. The molecule has 190 valence electrons. The number of benzene rings is 4. The average Bonchev–Trinajstić information content (AvgIpc) is 2.93. The van der Waals surface area contributed by atoms with Gasteiger partial charge in [0.05, 0.1) is 27.5 Å². The minimum Gasteiger partial charge on any atom is -0.369 e. The quantitative estimate of drug-likeness (QED) is 0.144. The van der Waals surface area contributed by atoms with Crippen molar-refractivity contribution in [3.63, 3.8) is 0 Å². The summed E-state index contributed by atoms with van der Waals surface area (Å²) < 4.78 is 13.2. The first-order valence-corrected chi connectivity index (χ1v) is 13.9. The van der Waals surface area contributed by atoms with E-state index in [-0.39, 0.29) is 12.4 Å². The first-order chi connectivity index (χ1) is 17.7. The molecule has 0 aliphatic carbocycles. The third kappa shape index (κ3) is 6.02. The van der Waals surface area contributed by atoms with E-state index in [2.05, 4.69) is 22.3 Å². The van der Waals surface area contributed by atoms with E-state index in [1.165, 1.54) is 0 Å². The molecule has 1 N–H and O–H groups in total. The van der Waals surface area contributed by atoms with Crippen LogP contribution in [0.3, 0.4) is 0 Å². The molecule has 0 bridgehead atoms. The zero-order valence-corrected chi connectivity index (χ0v) is 23.1. The highest BCUT2D eigenvalue weighted by Gasteiger charge is 2.12. The van der Waals surface area contributed by atoms with Gasteiger partial charge in [-0.25, -0.2) is 9.19 Å². The third-order valence-corrected chi connectivity index (χ3v) is 7.79. The number of halogens is 3. The normalized spacial score (nSPS) is 11.7. The maximum atomic E-state index is 13.2. The number of alkyl halides is 2. The largest absolute Gasteiger partial charge is 0.369 e. The van der Waals surface area contributed by atoms with Gasteiger partial charge in [0.15, 0.2) is 0 Å². The fourth-order valence-electron chi connectivity index (χ4n) is 4.27. The van der Waals surface area contributed by atoms with Crippen LogP contribution >= 0.6 is 35.6 Å². The zero-order valence-electron chi connectivity index (χ0n) is 19.9. The van der Waals surface area contributed by atoms with E-state index in [9.17, 15) is 4.21 Å². The van der Waals surface area contributed by atoms with Gasteiger partial charge >= 0.3 is 0 Å². The molecular formula is C29H26Cl3N3OS. The maximum absolute atomic E-state index is 13.2. The molecule has 0 fully saturated rings. The molecule has 0 amide bonds. The SMILES string of the molecule is Cl.O=S(c1ccc(Nc2c3ccccc3nc3ccccc23)cc1)c1ccc(N(CCCl)CCCl)cc1. The molecule has 8 heteroatoms. The second kappa shape index (κ2) is 12.6. The van der Waals surface area contributed by atoms with Crippen molar-refractivity contribution in [2.75, 3.05) is 35.1 Å². The van der Waals surface area contributed by atoms with Crippen molar-refractivity contribution in [1.29, 1.82) is 0 Å². The summed E-state index contributed by atoms with van der Waals surface area (Å²) in [6.45, 7) is 1.43. The third-order valence-electron chi connectivity index (χ3n) is 6.05. The Hall–Kier alpha value is -2.83. The number of pyridine rings is 1. The Kier molecular flexibility index (Phi) is 9.28. The predicted molar refractivity (Wildman–Crippen MR) is 161 cm³/mol. The molecular weight excluding hydrogens is 545 g/mol. The average molecular weight is 571 g/mol. The molecule has 4 nitrogen and oxygen atoms in total. The van der Waals surface area contributed by atoms with Crippen molar-refractivity contribution < 1.29 is 4.21 Å². The molecule has 1 atom stereocenters. The van der Waals surface area contributed by atoms with Crippen LogP contribution in [0.25, 0.3) is 21.8 Å². The number of hydrogen-bond donors (Lipinski definition) is 1. The van der Waals surface area contributed by atoms with Crippen LogP contribution in [0.5, 0.6) is 0 Å². The number of nitrogens with zero attached hydrogens (tertiary/aromatic N) is 2. The molecule has 0 radical (unpaired) electrons.